The fourth-order valence-corrected chi connectivity index (χ4v) is 3.68. The first-order valence-electron chi connectivity index (χ1n) is 6.90. The molecule has 3 rings (SSSR count). The van der Waals surface area contributed by atoms with Gasteiger partial charge in [-0.25, -0.2) is 9.97 Å². The predicted octanol–water partition coefficient (Wildman–Crippen LogP) is 4.44. The molecule has 1 aromatic carbocycles. The number of thioether (sulfide) groups is 1. The molecule has 0 atom stereocenters. The molecule has 0 aliphatic rings. The molecule has 0 aliphatic carbocycles. The van der Waals surface area contributed by atoms with Crippen LogP contribution in [0, 0.1) is 0 Å². The number of amides is 1. The SMILES string of the molecule is CC(C)Sc1cccc(C(=O)Nc2ncnc3sccc23)c1. The van der Waals surface area contributed by atoms with E-state index in [-0.39, 0.29) is 5.91 Å². The Labute approximate surface area is 137 Å². The zero-order chi connectivity index (χ0) is 15.5. The van der Waals surface area contributed by atoms with Crippen molar-refractivity contribution in [1.82, 2.24) is 9.97 Å². The van der Waals surface area contributed by atoms with Gasteiger partial charge in [-0.1, -0.05) is 19.9 Å². The molecule has 0 saturated heterocycles. The largest absolute Gasteiger partial charge is 0.306 e. The summed E-state index contributed by atoms with van der Waals surface area (Å²) >= 11 is 3.26. The number of rotatable bonds is 4. The van der Waals surface area contributed by atoms with Gasteiger partial charge in [0.05, 0.1) is 5.39 Å². The van der Waals surface area contributed by atoms with Crippen molar-refractivity contribution in [2.45, 2.75) is 24.0 Å². The number of carbonyl (C=O) groups excluding carboxylic acids is 1. The van der Waals surface area contributed by atoms with Gasteiger partial charge in [-0.15, -0.1) is 23.1 Å². The quantitative estimate of drug-likeness (QED) is 0.719. The number of anilines is 1. The van der Waals surface area contributed by atoms with E-state index < -0.39 is 0 Å². The molecule has 6 heteroatoms. The summed E-state index contributed by atoms with van der Waals surface area (Å²) in [4.78, 5) is 22.8. The smallest absolute Gasteiger partial charge is 0.256 e. The standard InChI is InChI=1S/C16H15N3OS2/c1-10(2)22-12-5-3-4-11(8-12)15(20)19-14-13-6-7-21-16(13)18-9-17-14/h3-10H,1-2H3,(H,17,18,19,20). The lowest BCUT2D eigenvalue weighted by Crippen LogP contribution is -2.13. The highest BCUT2D eigenvalue weighted by atomic mass is 32.2. The lowest BCUT2D eigenvalue weighted by atomic mass is 10.2. The van der Waals surface area contributed by atoms with Crippen molar-refractivity contribution in [3.05, 3.63) is 47.6 Å². The Hall–Kier alpha value is -1.92. The van der Waals surface area contributed by atoms with Gasteiger partial charge in [0, 0.05) is 15.7 Å². The molecular weight excluding hydrogens is 314 g/mol. The molecule has 0 spiro atoms. The lowest BCUT2D eigenvalue weighted by Gasteiger charge is -2.08. The molecule has 2 aromatic heterocycles. The van der Waals surface area contributed by atoms with Crippen LogP contribution in [0.3, 0.4) is 0 Å². The molecule has 1 amide bonds. The first kappa shape index (κ1) is 15.0. The van der Waals surface area contributed by atoms with Crippen LogP contribution in [-0.2, 0) is 0 Å². The van der Waals surface area contributed by atoms with E-state index >= 15 is 0 Å². The van der Waals surface area contributed by atoms with Crippen LogP contribution in [0.2, 0.25) is 0 Å². The van der Waals surface area contributed by atoms with E-state index in [0.717, 1.165) is 15.1 Å². The van der Waals surface area contributed by atoms with Crippen molar-refractivity contribution in [3.8, 4) is 0 Å². The number of hydrogen-bond acceptors (Lipinski definition) is 5. The van der Waals surface area contributed by atoms with Crippen molar-refractivity contribution in [1.29, 1.82) is 0 Å². The average Bonchev–Trinajstić information content (AvgIpc) is 2.96. The molecule has 0 unspecified atom stereocenters. The number of hydrogen-bond donors (Lipinski definition) is 1. The second kappa shape index (κ2) is 6.46. The topological polar surface area (TPSA) is 54.9 Å². The van der Waals surface area contributed by atoms with Crippen molar-refractivity contribution in [2.24, 2.45) is 0 Å². The third-order valence-electron chi connectivity index (χ3n) is 2.96. The Morgan fingerprint density at radius 1 is 1.27 bits per heavy atom. The van der Waals surface area contributed by atoms with Gasteiger partial charge in [0.2, 0.25) is 0 Å². The van der Waals surface area contributed by atoms with Crippen LogP contribution in [0.5, 0.6) is 0 Å². The van der Waals surface area contributed by atoms with Gasteiger partial charge in [-0.3, -0.25) is 4.79 Å². The van der Waals surface area contributed by atoms with Crippen LogP contribution < -0.4 is 5.32 Å². The van der Waals surface area contributed by atoms with Crippen LogP contribution in [0.4, 0.5) is 5.82 Å². The first-order valence-corrected chi connectivity index (χ1v) is 8.65. The molecule has 1 N–H and O–H groups in total. The summed E-state index contributed by atoms with van der Waals surface area (Å²) in [6.07, 6.45) is 1.47. The molecule has 2 heterocycles. The van der Waals surface area contributed by atoms with Gasteiger partial charge in [-0.2, -0.15) is 0 Å². The lowest BCUT2D eigenvalue weighted by molar-refractivity contribution is 0.102. The van der Waals surface area contributed by atoms with Gasteiger partial charge in [0.25, 0.3) is 5.91 Å². The molecule has 4 nitrogen and oxygen atoms in total. The van der Waals surface area contributed by atoms with E-state index in [1.807, 2.05) is 35.7 Å². The molecule has 3 aromatic rings. The van der Waals surface area contributed by atoms with Crippen LogP contribution in [0.1, 0.15) is 24.2 Å². The molecule has 0 aliphatic heterocycles. The summed E-state index contributed by atoms with van der Waals surface area (Å²) < 4.78 is 0. The third-order valence-corrected chi connectivity index (χ3v) is 4.78. The van der Waals surface area contributed by atoms with Crippen LogP contribution in [-0.4, -0.2) is 21.1 Å². The van der Waals surface area contributed by atoms with Crippen molar-refractivity contribution in [2.75, 3.05) is 5.32 Å². The number of nitrogens with zero attached hydrogens (tertiary/aromatic N) is 2. The van der Waals surface area contributed by atoms with Crippen LogP contribution in [0.25, 0.3) is 10.2 Å². The number of fused-ring (bicyclic) bond motifs is 1. The highest BCUT2D eigenvalue weighted by Gasteiger charge is 2.11. The van der Waals surface area contributed by atoms with Gasteiger partial charge in [-0.05, 0) is 29.6 Å². The summed E-state index contributed by atoms with van der Waals surface area (Å²) in [7, 11) is 0. The van der Waals surface area contributed by atoms with Gasteiger partial charge in [0.1, 0.15) is 17.0 Å². The number of aromatic nitrogens is 2. The maximum atomic E-state index is 12.4. The fraction of sp³-hybridized carbons (Fsp3) is 0.188. The van der Waals surface area contributed by atoms with Crippen molar-refractivity contribution in [3.63, 3.8) is 0 Å². The maximum Gasteiger partial charge on any atom is 0.256 e. The van der Waals surface area contributed by atoms with E-state index in [2.05, 4.69) is 29.1 Å². The molecule has 0 fully saturated rings. The van der Waals surface area contributed by atoms with Gasteiger partial charge >= 0.3 is 0 Å². The number of carbonyl (C=O) groups is 1. The highest BCUT2D eigenvalue weighted by molar-refractivity contribution is 7.99. The number of benzene rings is 1. The monoisotopic (exact) mass is 329 g/mol. The van der Waals surface area contributed by atoms with Crippen LogP contribution >= 0.6 is 23.1 Å². The predicted molar refractivity (Wildman–Crippen MR) is 92.8 cm³/mol. The Kier molecular flexibility index (Phi) is 4.40. The molecule has 0 saturated carbocycles. The van der Waals surface area contributed by atoms with Gasteiger partial charge in [0.15, 0.2) is 0 Å². The fourth-order valence-electron chi connectivity index (χ4n) is 2.05. The third kappa shape index (κ3) is 3.28. The minimum absolute atomic E-state index is 0.155. The Morgan fingerprint density at radius 3 is 2.95 bits per heavy atom. The number of nitrogens with one attached hydrogen (secondary N) is 1. The summed E-state index contributed by atoms with van der Waals surface area (Å²) in [5, 5.41) is 6.16. The van der Waals surface area contributed by atoms with E-state index in [1.165, 1.54) is 17.7 Å². The van der Waals surface area contributed by atoms with E-state index in [1.54, 1.807) is 11.8 Å². The highest BCUT2D eigenvalue weighted by Crippen LogP contribution is 2.26. The molecular formula is C16H15N3OS2. The summed E-state index contributed by atoms with van der Waals surface area (Å²) in [6, 6.07) is 9.56. The van der Waals surface area contributed by atoms with Crippen LogP contribution in [0.15, 0.2) is 46.9 Å². The van der Waals surface area contributed by atoms with E-state index in [9.17, 15) is 4.79 Å². The molecule has 0 radical (unpaired) electrons. The molecule has 112 valence electrons. The maximum absolute atomic E-state index is 12.4. The summed E-state index contributed by atoms with van der Waals surface area (Å²) in [5.41, 5.74) is 0.632. The van der Waals surface area contributed by atoms with E-state index in [0.29, 0.717) is 16.6 Å². The minimum atomic E-state index is -0.155. The van der Waals surface area contributed by atoms with Gasteiger partial charge < -0.3 is 5.32 Å². The van der Waals surface area contributed by atoms with Crippen molar-refractivity contribution >= 4 is 45.0 Å². The first-order chi connectivity index (χ1) is 10.6. The zero-order valence-corrected chi connectivity index (χ0v) is 13.9. The molecule has 22 heavy (non-hydrogen) atoms. The second-order valence-corrected chi connectivity index (χ2v) is 7.55. The summed E-state index contributed by atoms with van der Waals surface area (Å²) in [6.45, 7) is 4.26. The number of thiophene rings is 1. The zero-order valence-electron chi connectivity index (χ0n) is 12.2. The average molecular weight is 329 g/mol. The Morgan fingerprint density at radius 2 is 2.14 bits per heavy atom. The Bertz CT molecular complexity index is 814. The van der Waals surface area contributed by atoms with E-state index in [4.69, 9.17) is 0 Å². The Balaban J connectivity index is 1.84. The van der Waals surface area contributed by atoms with Crippen molar-refractivity contribution < 1.29 is 4.79 Å². The second-order valence-electron chi connectivity index (χ2n) is 5.01. The minimum Gasteiger partial charge on any atom is -0.306 e. The summed E-state index contributed by atoms with van der Waals surface area (Å²) in [5.74, 6) is 0.399. The molecule has 0 bridgehead atoms. The normalized spacial score (nSPS) is 11.0.